The Balaban J connectivity index is 2.35. The number of nitrogens with two attached hydrogens (primary N) is 1. The fraction of sp³-hybridized carbons (Fsp3) is 0.333. The van der Waals surface area contributed by atoms with Crippen LogP contribution in [0.15, 0.2) is 17.4 Å². The fourth-order valence-electron chi connectivity index (χ4n) is 1.78. The zero-order valence-electron chi connectivity index (χ0n) is 11.7. The van der Waals surface area contributed by atoms with E-state index < -0.39 is 17.2 Å². The van der Waals surface area contributed by atoms with Gasteiger partial charge in [-0.25, -0.2) is 4.79 Å². The fourth-order valence-corrected chi connectivity index (χ4v) is 3.30. The molecule has 0 fully saturated rings. The number of carbonyl (C=O) groups is 2. The molecule has 0 saturated carbocycles. The first-order chi connectivity index (χ1) is 10.3. The topological polar surface area (TPSA) is 102 Å². The highest BCUT2D eigenvalue weighted by Crippen LogP contribution is 2.30. The third-order valence-electron chi connectivity index (χ3n) is 2.74. The number of carbonyl (C=O) groups excluding carboxylic acids is 2. The van der Waals surface area contributed by atoms with Gasteiger partial charge in [-0.15, -0.1) is 10.2 Å². The molecule has 7 nitrogen and oxygen atoms in total. The minimum Gasteiger partial charge on any atom is -0.351 e. The quantitative estimate of drug-likeness (QED) is 0.813. The van der Waals surface area contributed by atoms with E-state index in [1.165, 1.54) is 0 Å². The summed E-state index contributed by atoms with van der Waals surface area (Å²) in [6, 6.07) is 0.662. The number of rotatable bonds is 4. The maximum absolute atomic E-state index is 12.0. The lowest BCUT2D eigenvalue weighted by atomic mass is 10.1. The van der Waals surface area contributed by atoms with Crippen molar-refractivity contribution in [2.45, 2.75) is 24.3 Å². The van der Waals surface area contributed by atoms with Crippen LogP contribution in [-0.2, 0) is 4.79 Å². The highest BCUT2D eigenvalue weighted by atomic mass is 35.5. The molecular formula is C12H13Cl2N5O2S. The lowest BCUT2D eigenvalue weighted by Crippen LogP contribution is -2.42. The van der Waals surface area contributed by atoms with Gasteiger partial charge in [0.2, 0.25) is 5.91 Å². The number of hydrogen-bond acceptors (Lipinski definition) is 5. The first kappa shape index (κ1) is 16.9. The van der Waals surface area contributed by atoms with Crippen LogP contribution in [0.4, 0.5) is 4.79 Å². The Morgan fingerprint density at radius 2 is 2.05 bits per heavy atom. The monoisotopic (exact) mass is 361 g/mol. The number of halogens is 2. The SMILES string of the molecule is CC(C)[C@@H](Sc1nnc2c(Cl)cc(Cl)cn12)C(=O)NC(N)=O. The van der Waals surface area contributed by atoms with Crippen LogP contribution >= 0.6 is 35.0 Å². The van der Waals surface area contributed by atoms with Gasteiger partial charge in [0.15, 0.2) is 10.8 Å². The van der Waals surface area contributed by atoms with Gasteiger partial charge >= 0.3 is 6.03 Å². The van der Waals surface area contributed by atoms with Crippen molar-refractivity contribution < 1.29 is 9.59 Å². The van der Waals surface area contributed by atoms with Gasteiger partial charge < -0.3 is 5.73 Å². The molecule has 1 atom stereocenters. The average Bonchev–Trinajstić information content (AvgIpc) is 2.77. The molecule has 2 aromatic rings. The van der Waals surface area contributed by atoms with Gasteiger partial charge in [0, 0.05) is 6.20 Å². The molecule has 0 aromatic carbocycles. The van der Waals surface area contributed by atoms with E-state index >= 15 is 0 Å². The molecule has 0 bridgehead atoms. The van der Waals surface area contributed by atoms with Crippen molar-refractivity contribution in [1.82, 2.24) is 19.9 Å². The summed E-state index contributed by atoms with van der Waals surface area (Å²) in [5.74, 6) is -0.552. The van der Waals surface area contributed by atoms with Gasteiger partial charge in [0.1, 0.15) is 0 Å². The van der Waals surface area contributed by atoms with E-state index in [0.717, 1.165) is 11.8 Å². The molecule has 0 radical (unpaired) electrons. The molecule has 0 saturated heterocycles. The predicted octanol–water partition coefficient (Wildman–Crippen LogP) is 2.35. The lowest BCUT2D eigenvalue weighted by molar-refractivity contribution is -0.120. The van der Waals surface area contributed by atoms with Crippen LogP contribution in [0.1, 0.15) is 13.8 Å². The summed E-state index contributed by atoms with van der Waals surface area (Å²) in [6.45, 7) is 3.70. The Kier molecular flexibility index (Phi) is 5.15. The van der Waals surface area contributed by atoms with Crippen LogP contribution in [-0.4, -0.2) is 31.8 Å². The molecule has 22 heavy (non-hydrogen) atoms. The van der Waals surface area contributed by atoms with Crippen LogP contribution in [0.3, 0.4) is 0 Å². The third-order valence-corrected chi connectivity index (χ3v) is 4.72. The molecule has 0 aliphatic carbocycles. The van der Waals surface area contributed by atoms with E-state index in [1.807, 2.05) is 13.8 Å². The minimum absolute atomic E-state index is 0.0636. The molecular weight excluding hydrogens is 349 g/mol. The molecule has 118 valence electrons. The molecule has 2 heterocycles. The van der Waals surface area contributed by atoms with Gasteiger partial charge in [0.05, 0.1) is 15.3 Å². The number of hydrogen-bond donors (Lipinski definition) is 2. The van der Waals surface area contributed by atoms with Crippen molar-refractivity contribution in [1.29, 1.82) is 0 Å². The number of imide groups is 1. The van der Waals surface area contributed by atoms with Crippen LogP contribution in [0, 0.1) is 5.92 Å². The molecule has 10 heteroatoms. The number of urea groups is 1. The standard InChI is InChI=1S/C12H13Cl2N5O2S/c1-5(2)8(10(20)16-11(15)21)22-12-18-17-9-7(14)3-6(13)4-19(9)12/h3-5,8H,1-2H3,(H3,15,16,20,21)/t8-/m1/s1. The van der Waals surface area contributed by atoms with Crippen LogP contribution in [0.2, 0.25) is 10.0 Å². The summed E-state index contributed by atoms with van der Waals surface area (Å²) in [6.07, 6.45) is 1.61. The van der Waals surface area contributed by atoms with Gasteiger partial charge in [-0.2, -0.15) is 0 Å². The smallest absolute Gasteiger partial charge is 0.318 e. The number of amides is 3. The maximum Gasteiger partial charge on any atom is 0.318 e. The molecule has 2 aromatic heterocycles. The maximum atomic E-state index is 12.0. The predicted molar refractivity (Wildman–Crippen MR) is 85.2 cm³/mol. The van der Waals surface area contributed by atoms with Crippen molar-refractivity contribution in [3.05, 3.63) is 22.3 Å². The average molecular weight is 362 g/mol. The van der Waals surface area contributed by atoms with E-state index in [-0.39, 0.29) is 5.92 Å². The lowest BCUT2D eigenvalue weighted by Gasteiger charge is -2.17. The van der Waals surface area contributed by atoms with Crippen molar-refractivity contribution in [3.63, 3.8) is 0 Å². The van der Waals surface area contributed by atoms with Crippen LogP contribution in [0.25, 0.3) is 5.65 Å². The molecule has 0 aliphatic heterocycles. The Labute approximate surface area is 140 Å². The largest absolute Gasteiger partial charge is 0.351 e. The number of pyridine rings is 1. The minimum atomic E-state index is -0.895. The van der Waals surface area contributed by atoms with E-state index in [0.29, 0.717) is 20.8 Å². The third kappa shape index (κ3) is 3.63. The second kappa shape index (κ2) is 6.72. The second-order valence-corrected chi connectivity index (χ2v) is 6.77. The molecule has 2 rings (SSSR count). The summed E-state index contributed by atoms with van der Waals surface area (Å²) in [7, 11) is 0. The Bertz CT molecular complexity index is 734. The Morgan fingerprint density at radius 3 is 2.64 bits per heavy atom. The molecule has 3 amide bonds. The summed E-state index contributed by atoms with van der Waals surface area (Å²) in [5, 5.41) is 10.7. The molecule has 0 unspecified atom stereocenters. The molecule has 3 N–H and O–H groups in total. The summed E-state index contributed by atoms with van der Waals surface area (Å²) in [4.78, 5) is 22.9. The second-order valence-electron chi connectivity index (χ2n) is 4.82. The number of aromatic nitrogens is 3. The Hall–Kier alpha value is -1.51. The van der Waals surface area contributed by atoms with Gasteiger partial charge in [-0.3, -0.25) is 14.5 Å². The summed E-state index contributed by atoms with van der Waals surface area (Å²) >= 11 is 13.2. The first-order valence-electron chi connectivity index (χ1n) is 6.26. The number of primary amides is 1. The zero-order chi connectivity index (χ0) is 16.4. The molecule has 0 spiro atoms. The van der Waals surface area contributed by atoms with E-state index in [1.54, 1.807) is 16.7 Å². The van der Waals surface area contributed by atoms with E-state index in [4.69, 9.17) is 28.9 Å². The van der Waals surface area contributed by atoms with Crippen molar-refractivity contribution in [2.24, 2.45) is 11.7 Å². The number of thioether (sulfide) groups is 1. The van der Waals surface area contributed by atoms with Crippen molar-refractivity contribution in [2.75, 3.05) is 0 Å². The van der Waals surface area contributed by atoms with E-state index in [9.17, 15) is 9.59 Å². The summed E-state index contributed by atoms with van der Waals surface area (Å²) in [5.41, 5.74) is 5.42. The van der Waals surface area contributed by atoms with Gasteiger partial charge in [-0.05, 0) is 12.0 Å². The van der Waals surface area contributed by atoms with Gasteiger partial charge in [-0.1, -0.05) is 48.8 Å². The normalized spacial score (nSPS) is 12.6. The Morgan fingerprint density at radius 1 is 1.36 bits per heavy atom. The summed E-state index contributed by atoms with van der Waals surface area (Å²) < 4.78 is 1.60. The highest BCUT2D eigenvalue weighted by Gasteiger charge is 2.27. The number of nitrogens with one attached hydrogen (secondary N) is 1. The van der Waals surface area contributed by atoms with Gasteiger partial charge in [0.25, 0.3) is 0 Å². The van der Waals surface area contributed by atoms with E-state index in [2.05, 4.69) is 15.5 Å². The molecule has 0 aliphatic rings. The van der Waals surface area contributed by atoms with Crippen LogP contribution < -0.4 is 11.1 Å². The first-order valence-corrected chi connectivity index (χ1v) is 7.90. The zero-order valence-corrected chi connectivity index (χ0v) is 14.0. The number of nitrogens with zero attached hydrogens (tertiary/aromatic N) is 3. The van der Waals surface area contributed by atoms with Crippen LogP contribution in [0.5, 0.6) is 0 Å². The van der Waals surface area contributed by atoms with Crippen molar-refractivity contribution in [3.8, 4) is 0 Å². The number of fused-ring (bicyclic) bond motifs is 1. The van der Waals surface area contributed by atoms with Crippen molar-refractivity contribution >= 4 is 52.5 Å². The highest BCUT2D eigenvalue weighted by molar-refractivity contribution is 8.00.